The van der Waals surface area contributed by atoms with Crippen molar-refractivity contribution in [3.63, 3.8) is 0 Å². The number of nitrogens with zero attached hydrogens (tertiary/aromatic N) is 4. The first-order chi connectivity index (χ1) is 17.6. The van der Waals surface area contributed by atoms with Crippen LogP contribution in [0.3, 0.4) is 0 Å². The van der Waals surface area contributed by atoms with Crippen LogP contribution in [0.5, 0.6) is 5.75 Å². The van der Waals surface area contributed by atoms with Crippen molar-refractivity contribution in [3.8, 4) is 5.75 Å². The maximum Gasteiger partial charge on any atom is 0.416 e. The van der Waals surface area contributed by atoms with Gasteiger partial charge < -0.3 is 24.6 Å². The Bertz CT molecular complexity index is 1300. The molecule has 2 aromatic carbocycles. The standard InChI is InChI=1S/C25H25ClF3N5O3/c1-14-31-32-23(33(14)12-15-2-5-17(26)6-3-15)21-11-18(35)13-34(21)24(36)30-20-8-9-37-22-10-16(25(27,28)29)4-7-19(20)22/h2-7,10,18,20-21,35H,8-9,11-13H2,1H3,(H,30,36)/t18?,20-,21+/m0/s1. The molecule has 5 rings (SSSR count). The Hall–Kier alpha value is -3.31. The zero-order chi connectivity index (χ0) is 26.3. The molecule has 0 bridgehead atoms. The highest BCUT2D eigenvalue weighted by atomic mass is 35.5. The normalized spacial score (nSPS) is 21.5. The summed E-state index contributed by atoms with van der Waals surface area (Å²) in [5.41, 5.74) is 0.641. The van der Waals surface area contributed by atoms with E-state index in [1.165, 1.54) is 11.0 Å². The van der Waals surface area contributed by atoms with E-state index in [-0.39, 0.29) is 25.3 Å². The average Bonchev–Trinajstić information content (AvgIpc) is 3.42. The van der Waals surface area contributed by atoms with Crippen molar-refractivity contribution in [3.05, 3.63) is 75.8 Å². The van der Waals surface area contributed by atoms with Gasteiger partial charge in [0, 0.05) is 30.0 Å². The first kappa shape index (κ1) is 25.3. The monoisotopic (exact) mass is 535 g/mol. The minimum atomic E-state index is -4.49. The fraction of sp³-hybridized carbons (Fsp3) is 0.400. The number of aromatic nitrogens is 3. The number of ether oxygens (including phenoxy) is 1. The van der Waals surface area contributed by atoms with Gasteiger partial charge in [-0.2, -0.15) is 13.2 Å². The minimum absolute atomic E-state index is 0.0897. The lowest BCUT2D eigenvalue weighted by atomic mass is 9.98. The third-order valence-electron chi connectivity index (χ3n) is 6.73. The number of halogens is 4. The van der Waals surface area contributed by atoms with Gasteiger partial charge in [0.15, 0.2) is 5.82 Å². The number of aryl methyl sites for hydroxylation is 1. The van der Waals surface area contributed by atoms with Gasteiger partial charge in [-0.1, -0.05) is 29.8 Å². The lowest BCUT2D eigenvalue weighted by Crippen LogP contribution is -2.43. The van der Waals surface area contributed by atoms with E-state index in [0.29, 0.717) is 35.2 Å². The number of aliphatic hydroxyl groups excluding tert-OH is 1. The van der Waals surface area contributed by atoms with E-state index >= 15 is 0 Å². The van der Waals surface area contributed by atoms with E-state index in [9.17, 15) is 23.1 Å². The largest absolute Gasteiger partial charge is 0.493 e. The van der Waals surface area contributed by atoms with Crippen molar-refractivity contribution < 1.29 is 27.8 Å². The Kier molecular flexibility index (Phi) is 6.76. The molecule has 3 aromatic rings. The molecule has 0 aliphatic carbocycles. The average molecular weight is 536 g/mol. The van der Waals surface area contributed by atoms with Gasteiger partial charge in [0.1, 0.15) is 11.6 Å². The Morgan fingerprint density at radius 2 is 1.97 bits per heavy atom. The minimum Gasteiger partial charge on any atom is -0.493 e. The highest BCUT2D eigenvalue weighted by Crippen LogP contribution is 2.39. The molecular weight excluding hydrogens is 511 g/mol. The molecule has 0 saturated carbocycles. The summed E-state index contributed by atoms with van der Waals surface area (Å²) >= 11 is 6.00. The van der Waals surface area contributed by atoms with Crippen LogP contribution in [0.4, 0.5) is 18.0 Å². The van der Waals surface area contributed by atoms with Crippen LogP contribution in [0.25, 0.3) is 0 Å². The van der Waals surface area contributed by atoms with Crippen LogP contribution in [0, 0.1) is 6.92 Å². The number of nitrogens with one attached hydrogen (secondary N) is 1. The highest BCUT2D eigenvalue weighted by molar-refractivity contribution is 6.30. The maximum atomic E-state index is 13.4. The topological polar surface area (TPSA) is 92.5 Å². The second-order valence-corrected chi connectivity index (χ2v) is 9.70. The summed E-state index contributed by atoms with van der Waals surface area (Å²) in [7, 11) is 0. The fourth-order valence-electron chi connectivity index (χ4n) is 4.84. The van der Waals surface area contributed by atoms with E-state index in [4.69, 9.17) is 16.3 Å². The number of carbonyl (C=O) groups excluding carboxylic acids is 1. The number of β-amino-alcohol motifs (C(OH)–C–C–N with tert-alkyl or cyclic N) is 1. The number of hydrogen-bond acceptors (Lipinski definition) is 5. The van der Waals surface area contributed by atoms with Crippen LogP contribution in [0.2, 0.25) is 5.02 Å². The number of hydrogen-bond donors (Lipinski definition) is 2. The summed E-state index contributed by atoms with van der Waals surface area (Å²) in [6.45, 7) is 2.53. The SMILES string of the molecule is Cc1nnc([C@H]2CC(O)CN2C(=O)N[C@H]2CCOc3cc(C(F)(F)F)ccc32)n1Cc1ccc(Cl)cc1. The van der Waals surface area contributed by atoms with Crippen molar-refractivity contribution in [2.75, 3.05) is 13.2 Å². The zero-order valence-corrected chi connectivity index (χ0v) is 20.6. The summed E-state index contributed by atoms with van der Waals surface area (Å²) in [5, 5.41) is 22.5. The van der Waals surface area contributed by atoms with Crippen molar-refractivity contribution in [2.24, 2.45) is 0 Å². The van der Waals surface area contributed by atoms with Crippen molar-refractivity contribution in [1.29, 1.82) is 0 Å². The molecule has 37 heavy (non-hydrogen) atoms. The zero-order valence-electron chi connectivity index (χ0n) is 19.9. The van der Waals surface area contributed by atoms with Crippen LogP contribution in [-0.2, 0) is 12.7 Å². The highest BCUT2D eigenvalue weighted by Gasteiger charge is 2.40. The second kappa shape index (κ2) is 9.86. The third-order valence-corrected chi connectivity index (χ3v) is 6.99. The van der Waals surface area contributed by atoms with E-state index in [0.717, 1.165) is 17.7 Å². The molecule has 1 aromatic heterocycles. The molecule has 0 spiro atoms. The number of carbonyl (C=O) groups is 1. The molecule has 8 nitrogen and oxygen atoms in total. The number of alkyl halides is 3. The van der Waals surface area contributed by atoms with E-state index in [1.807, 2.05) is 23.6 Å². The summed E-state index contributed by atoms with van der Waals surface area (Å²) < 4.78 is 46.7. The molecule has 2 amide bonds. The van der Waals surface area contributed by atoms with Crippen LogP contribution in [0.1, 0.15) is 53.3 Å². The second-order valence-electron chi connectivity index (χ2n) is 9.27. The van der Waals surface area contributed by atoms with Gasteiger partial charge >= 0.3 is 12.2 Å². The van der Waals surface area contributed by atoms with Gasteiger partial charge in [-0.05, 0) is 36.8 Å². The van der Waals surface area contributed by atoms with Crippen LogP contribution < -0.4 is 10.1 Å². The van der Waals surface area contributed by atoms with Gasteiger partial charge in [-0.15, -0.1) is 10.2 Å². The Morgan fingerprint density at radius 1 is 1.22 bits per heavy atom. The number of rotatable bonds is 4. The molecule has 2 N–H and O–H groups in total. The number of fused-ring (bicyclic) bond motifs is 1. The molecule has 2 aliphatic heterocycles. The third kappa shape index (κ3) is 5.24. The smallest absolute Gasteiger partial charge is 0.416 e. The van der Waals surface area contributed by atoms with Gasteiger partial charge in [0.2, 0.25) is 0 Å². The summed E-state index contributed by atoms with van der Waals surface area (Å²) in [6.07, 6.45) is -4.57. The van der Waals surface area contributed by atoms with Crippen molar-refractivity contribution >= 4 is 17.6 Å². The number of benzene rings is 2. The molecule has 3 atom stereocenters. The lowest BCUT2D eigenvalue weighted by molar-refractivity contribution is -0.137. The van der Waals surface area contributed by atoms with Gasteiger partial charge in [0.25, 0.3) is 0 Å². The quantitative estimate of drug-likeness (QED) is 0.507. The number of likely N-dealkylation sites (tertiary alicyclic amines) is 1. The van der Waals surface area contributed by atoms with E-state index in [1.54, 1.807) is 12.1 Å². The van der Waals surface area contributed by atoms with Crippen LogP contribution in [0.15, 0.2) is 42.5 Å². The molecular formula is C25H25ClF3N5O3. The summed E-state index contributed by atoms with van der Waals surface area (Å²) in [4.78, 5) is 14.9. The summed E-state index contributed by atoms with van der Waals surface area (Å²) in [5.74, 6) is 1.30. The molecule has 12 heteroatoms. The maximum absolute atomic E-state index is 13.4. The van der Waals surface area contributed by atoms with Gasteiger partial charge in [0.05, 0.1) is 36.9 Å². The molecule has 196 valence electrons. The molecule has 0 radical (unpaired) electrons. The predicted octanol–water partition coefficient (Wildman–Crippen LogP) is 4.65. The predicted molar refractivity (Wildman–Crippen MR) is 128 cm³/mol. The first-order valence-electron chi connectivity index (χ1n) is 11.8. The van der Waals surface area contributed by atoms with Crippen molar-refractivity contribution in [1.82, 2.24) is 25.0 Å². The molecule has 2 aliphatic rings. The number of amides is 2. The molecule has 1 unspecified atom stereocenters. The molecule has 1 saturated heterocycles. The Labute approximate surface area is 216 Å². The van der Waals surface area contributed by atoms with Crippen molar-refractivity contribution in [2.45, 2.75) is 50.7 Å². The molecule has 1 fully saturated rings. The lowest BCUT2D eigenvalue weighted by Gasteiger charge is -2.31. The Balaban J connectivity index is 1.37. The summed E-state index contributed by atoms with van der Waals surface area (Å²) in [6, 6.07) is 9.13. The Morgan fingerprint density at radius 3 is 2.70 bits per heavy atom. The number of urea groups is 1. The van der Waals surface area contributed by atoms with Gasteiger partial charge in [-0.3, -0.25) is 0 Å². The van der Waals surface area contributed by atoms with Crippen LogP contribution in [-0.4, -0.2) is 50.1 Å². The first-order valence-corrected chi connectivity index (χ1v) is 12.2. The fourth-order valence-corrected chi connectivity index (χ4v) is 4.97. The van der Waals surface area contributed by atoms with E-state index in [2.05, 4.69) is 15.5 Å². The van der Waals surface area contributed by atoms with Gasteiger partial charge in [-0.25, -0.2) is 4.79 Å². The van der Waals surface area contributed by atoms with Crippen LogP contribution >= 0.6 is 11.6 Å². The van der Waals surface area contributed by atoms with E-state index < -0.39 is 36.0 Å². The number of aliphatic hydroxyl groups is 1. The molecule has 3 heterocycles.